The second-order valence-corrected chi connectivity index (χ2v) is 5.27. The first-order valence-corrected chi connectivity index (χ1v) is 7.14. The molecule has 0 saturated heterocycles. The number of hydrogen-bond donors (Lipinski definition) is 0. The predicted molar refractivity (Wildman–Crippen MR) is 85.4 cm³/mol. The minimum atomic E-state index is -1.30. The van der Waals surface area contributed by atoms with Crippen LogP contribution in [0.15, 0.2) is 30.3 Å². The number of carboxylic acids is 1. The van der Waals surface area contributed by atoms with E-state index in [-0.39, 0.29) is 29.6 Å². The molecule has 0 saturated carbocycles. The average molecular weight is 336 g/mol. The molecule has 1 atom stereocenters. The first-order valence-electron chi connectivity index (χ1n) is 7.14. The first kappa shape index (κ1) is 26.7. The van der Waals surface area contributed by atoms with Gasteiger partial charge in [-0.1, -0.05) is 58.0 Å². The molecule has 0 spiro atoms. The maximum absolute atomic E-state index is 11.0. The van der Waals surface area contributed by atoms with Crippen molar-refractivity contribution in [1.29, 1.82) is 0 Å². The summed E-state index contributed by atoms with van der Waals surface area (Å²) >= 11 is 0. The standard InChI is InChI=1S/C11H12O3.2C3H7O.Al/c1-8(12)10(11(13)14)7-9-5-3-2-4-6-9;2*1-3(2)4;/h2-6,10H,7H2,1H3,(H,13,14);2*3H,1-2H3;/q;2*-1;+3/p-1. The molecule has 1 unspecified atom stereocenters. The Hall–Kier alpha value is -1.19. The number of ketones is 1. The van der Waals surface area contributed by atoms with E-state index in [4.69, 9.17) is 0 Å². The number of hydrogen-bond acceptors (Lipinski definition) is 5. The summed E-state index contributed by atoms with van der Waals surface area (Å²) in [6, 6.07) is 9.03. The smallest absolute Gasteiger partial charge is 0.852 e. The van der Waals surface area contributed by atoms with Gasteiger partial charge in [0.05, 0.1) is 11.9 Å². The Morgan fingerprint density at radius 2 is 1.30 bits per heavy atom. The van der Waals surface area contributed by atoms with Gasteiger partial charge in [0.15, 0.2) is 0 Å². The molecule has 0 bridgehead atoms. The summed E-state index contributed by atoms with van der Waals surface area (Å²) in [5.41, 5.74) is 0.830. The quantitative estimate of drug-likeness (QED) is 0.535. The van der Waals surface area contributed by atoms with Crippen LogP contribution in [0, 0.1) is 5.92 Å². The minimum absolute atomic E-state index is 0. The fourth-order valence-electron chi connectivity index (χ4n) is 1.24. The van der Waals surface area contributed by atoms with Crippen molar-refractivity contribution in [2.75, 3.05) is 0 Å². The van der Waals surface area contributed by atoms with E-state index in [2.05, 4.69) is 0 Å². The summed E-state index contributed by atoms with van der Waals surface area (Å²) in [5.74, 6) is -2.70. The second-order valence-electron chi connectivity index (χ2n) is 5.27. The zero-order valence-corrected chi connectivity index (χ0v) is 15.6. The molecule has 0 amide bonds. The van der Waals surface area contributed by atoms with Crippen LogP contribution in [0.2, 0.25) is 0 Å². The molecule has 0 aliphatic carbocycles. The monoisotopic (exact) mass is 336 g/mol. The molecule has 0 aromatic heterocycles. The van der Waals surface area contributed by atoms with Crippen molar-refractivity contribution >= 4 is 29.1 Å². The van der Waals surface area contributed by atoms with Crippen LogP contribution in [0.25, 0.3) is 0 Å². The van der Waals surface area contributed by atoms with E-state index in [9.17, 15) is 24.9 Å². The molecule has 6 heteroatoms. The summed E-state index contributed by atoms with van der Waals surface area (Å²) in [7, 11) is 0. The van der Waals surface area contributed by atoms with Gasteiger partial charge in [-0.25, -0.2) is 0 Å². The number of rotatable bonds is 4. The number of carbonyl (C=O) groups is 2. The number of carboxylic acid groups (broad SMARTS) is 1. The first-order chi connectivity index (χ1) is 10.1. The van der Waals surface area contributed by atoms with Crippen molar-refractivity contribution in [3.05, 3.63) is 35.9 Å². The molecule has 0 aliphatic heterocycles. The Morgan fingerprint density at radius 1 is 0.957 bits per heavy atom. The molecular weight excluding hydrogens is 311 g/mol. The predicted octanol–water partition coefficient (Wildman–Crippen LogP) is -0.686. The van der Waals surface area contributed by atoms with E-state index in [1.807, 2.05) is 18.2 Å². The van der Waals surface area contributed by atoms with E-state index in [1.165, 1.54) is 6.92 Å². The molecule has 0 aliphatic rings. The Kier molecular flexibility index (Phi) is 18.2. The third-order valence-electron chi connectivity index (χ3n) is 2.06. The maximum atomic E-state index is 11.0. The van der Waals surface area contributed by atoms with Crippen LogP contribution in [0.4, 0.5) is 0 Å². The van der Waals surface area contributed by atoms with Crippen LogP contribution in [0.5, 0.6) is 0 Å². The Balaban J connectivity index is -0.000000374. The topological polar surface area (TPSA) is 103 Å². The van der Waals surface area contributed by atoms with E-state index in [1.54, 1.807) is 39.8 Å². The zero-order chi connectivity index (χ0) is 17.7. The van der Waals surface area contributed by atoms with Gasteiger partial charge in [0.25, 0.3) is 0 Å². The normalized spacial score (nSPS) is 10.5. The Bertz CT molecular complexity index is 393. The Morgan fingerprint density at radius 3 is 1.57 bits per heavy atom. The largest absolute Gasteiger partial charge is 3.00 e. The Labute approximate surface area is 149 Å². The molecule has 1 rings (SSSR count). The van der Waals surface area contributed by atoms with Crippen LogP contribution in [-0.4, -0.2) is 41.3 Å². The molecule has 23 heavy (non-hydrogen) atoms. The summed E-state index contributed by atoms with van der Waals surface area (Å²) < 4.78 is 0. The molecule has 5 nitrogen and oxygen atoms in total. The molecule has 0 N–H and O–H groups in total. The minimum Gasteiger partial charge on any atom is -0.852 e. The summed E-state index contributed by atoms with van der Waals surface area (Å²) in [5, 5.41) is 29.7. The van der Waals surface area contributed by atoms with Gasteiger partial charge in [-0.15, -0.1) is 12.2 Å². The molecule has 0 fully saturated rings. The van der Waals surface area contributed by atoms with Crippen LogP contribution in [-0.2, 0) is 16.0 Å². The van der Waals surface area contributed by atoms with E-state index < -0.39 is 24.1 Å². The van der Waals surface area contributed by atoms with Crippen molar-refractivity contribution in [3.8, 4) is 0 Å². The molecule has 1 aromatic rings. The van der Waals surface area contributed by atoms with Gasteiger partial charge in [0.1, 0.15) is 5.78 Å². The van der Waals surface area contributed by atoms with Gasteiger partial charge in [0, 0.05) is 0 Å². The van der Waals surface area contributed by atoms with Crippen molar-refractivity contribution < 1.29 is 24.9 Å². The van der Waals surface area contributed by atoms with Crippen LogP contribution < -0.4 is 15.3 Å². The summed E-state index contributed by atoms with van der Waals surface area (Å²) in [6.07, 6.45) is -0.626. The third kappa shape index (κ3) is 20.8. The van der Waals surface area contributed by atoms with Crippen LogP contribution in [0.1, 0.15) is 40.2 Å². The van der Waals surface area contributed by atoms with Gasteiger partial charge in [-0.2, -0.15) is 0 Å². The van der Waals surface area contributed by atoms with Gasteiger partial charge < -0.3 is 20.1 Å². The van der Waals surface area contributed by atoms with Gasteiger partial charge in [-0.3, -0.25) is 4.79 Å². The van der Waals surface area contributed by atoms with Crippen molar-refractivity contribution in [2.24, 2.45) is 5.92 Å². The summed E-state index contributed by atoms with van der Waals surface area (Å²) in [4.78, 5) is 21.6. The third-order valence-corrected chi connectivity index (χ3v) is 2.06. The number of benzene rings is 1. The average Bonchev–Trinajstić information content (AvgIpc) is 2.35. The molecule has 0 radical (unpaired) electrons. The second kappa shape index (κ2) is 15.7. The van der Waals surface area contributed by atoms with Gasteiger partial charge in [0.2, 0.25) is 0 Å². The van der Waals surface area contributed by atoms with Crippen molar-refractivity contribution in [2.45, 2.75) is 53.2 Å². The van der Waals surface area contributed by atoms with Crippen LogP contribution >= 0.6 is 0 Å². The van der Waals surface area contributed by atoms with Crippen molar-refractivity contribution in [1.82, 2.24) is 0 Å². The van der Waals surface area contributed by atoms with E-state index in [0.29, 0.717) is 0 Å². The number of aliphatic carboxylic acids is 1. The number of Topliss-reactive ketones (excluding diaryl/α,β-unsaturated/α-hetero) is 1. The molecule has 0 heterocycles. The molecule has 1 aromatic carbocycles. The fraction of sp³-hybridized carbons (Fsp3) is 0.529. The van der Waals surface area contributed by atoms with E-state index >= 15 is 0 Å². The SMILES string of the molecule is CC(=O)C(Cc1ccccc1)C(=O)[O-].CC(C)[O-].CC(C)[O-].[Al+3]. The van der Waals surface area contributed by atoms with E-state index in [0.717, 1.165) is 5.56 Å². The van der Waals surface area contributed by atoms with Crippen molar-refractivity contribution in [3.63, 3.8) is 0 Å². The fourth-order valence-corrected chi connectivity index (χ4v) is 1.24. The zero-order valence-electron chi connectivity index (χ0n) is 14.4. The van der Waals surface area contributed by atoms with Crippen LogP contribution in [0.3, 0.4) is 0 Å². The molecule has 126 valence electrons. The maximum Gasteiger partial charge on any atom is 3.00 e. The molecular formula is C17H25AlO5. The number of carbonyl (C=O) groups excluding carboxylic acids is 2. The van der Waals surface area contributed by atoms with Gasteiger partial charge >= 0.3 is 17.4 Å². The summed E-state index contributed by atoms with van der Waals surface area (Å²) in [6.45, 7) is 7.71. The van der Waals surface area contributed by atoms with Gasteiger partial charge in [-0.05, 0) is 18.9 Å².